The third-order valence-corrected chi connectivity index (χ3v) is 7.14. The van der Waals surface area contributed by atoms with Crippen LogP contribution in [0.2, 0.25) is 5.02 Å². The largest absolute Gasteiger partial charge is 0.495 e. The summed E-state index contributed by atoms with van der Waals surface area (Å²) in [6, 6.07) is 11.3. The molecule has 2 rings (SSSR count). The van der Waals surface area contributed by atoms with Crippen molar-refractivity contribution in [2.45, 2.75) is 52.6 Å². The molecule has 0 spiro atoms. The van der Waals surface area contributed by atoms with Crippen LogP contribution in [0.4, 0.5) is 5.69 Å². The summed E-state index contributed by atoms with van der Waals surface area (Å²) in [4.78, 5) is 28.2. The number of hydrogen-bond donors (Lipinski definition) is 1. The molecule has 0 bridgehead atoms. The van der Waals surface area contributed by atoms with Gasteiger partial charge < -0.3 is 15.0 Å². The minimum Gasteiger partial charge on any atom is -0.495 e. The second-order valence-electron chi connectivity index (χ2n) is 8.66. The maximum absolute atomic E-state index is 13.7. The fraction of sp³-hybridized carbons (Fsp3) is 0.462. The predicted octanol–water partition coefficient (Wildman–Crippen LogP) is 4.15. The lowest BCUT2D eigenvalue weighted by Crippen LogP contribution is -2.52. The number of anilines is 1. The van der Waals surface area contributed by atoms with E-state index in [0.717, 1.165) is 34.5 Å². The summed E-state index contributed by atoms with van der Waals surface area (Å²) in [5, 5.41) is 3.45. The summed E-state index contributed by atoms with van der Waals surface area (Å²) < 4.78 is 32.0. The van der Waals surface area contributed by atoms with Crippen LogP contribution in [0.25, 0.3) is 0 Å². The molecule has 198 valence electrons. The van der Waals surface area contributed by atoms with Crippen LogP contribution in [0.3, 0.4) is 0 Å². The van der Waals surface area contributed by atoms with Crippen LogP contribution in [-0.2, 0) is 26.2 Å². The van der Waals surface area contributed by atoms with Crippen molar-refractivity contribution in [1.29, 1.82) is 0 Å². The normalized spacial score (nSPS) is 12.1. The Bertz CT molecular complexity index is 1140. The van der Waals surface area contributed by atoms with Crippen molar-refractivity contribution in [2.75, 3.05) is 30.8 Å². The number of carbonyl (C=O) groups excluding carboxylic acids is 2. The molecule has 0 saturated carbocycles. The molecule has 0 fully saturated rings. The van der Waals surface area contributed by atoms with E-state index in [-0.39, 0.29) is 18.1 Å². The predicted molar refractivity (Wildman–Crippen MR) is 144 cm³/mol. The number of unbranched alkanes of at least 4 members (excludes halogenated alkanes) is 1. The molecule has 1 N–H and O–H groups in total. The molecule has 2 amide bonds. The van der Waals surface area contributed by atoms with Gasteiger partial charge in [-0.1, -0.05) is 50.1 Å². The number of aryl methyl sites for hydroxylation is 1. The third kappa shape index (κ3) is 8.13. The molecule has 1 unspecified atom stereocenters. The molecule has 0 radical (unpaired) electrons. The fourth-order valence-electron chi connectivity index (χ4n) is 3.80. The average molecular weight is 538 g/mol. The minimum atomic E-state index is -3.86. The van der Waals surface area contributed by atoms with Gasteiger partial charge in [-0.15, -0.1) is 0 Å². The molecule has 8 nitrogen and oxygen atoms in total. The molecule has 2 aromatic carbocycles. The highest BCUT2D eigenvalue weighted by molar-refractivity contribution is 7.92. The minimum absolute atomic E-state index is 0.123. The lowest BCUT2D eigenvalue weighted by molar-refractivity contribution is -0.140. The van der Waals surface area contributed by atoms with Crippen molar-refractivity contribution in [3.63, 3.8) is 0 Å². The average Bonchev–Trinajstić information content (AvgIpc) is 2.83. The highest BCUT2D eigenvalue weighted by Crippen LogP contribution is 2.31. The van der Waals surface area contributed by atoms with Crippen LogP contribution in [0, 0.1) is 6.92 Å². The standard InChI is InChI=1S/C26H36ClN3O5S/c1-6-8-15-28-26(32)22(7-2)29(17-20-10-12-21(27)13-11-20)25(31)18-30(36(5,33)34)23-16-19(3)9-14-24(23)35-4/h9-14,16,22H,6-8,15,17-18H2,1-5H3,(H,28,32). The van der Waals surface area contributed by atoms with Crippen molar-refractivity contribution in [3.8, 4) is 5.75 Å². The van der Waals surface area contributed by atoms with E-state index in [1.165, 1.54) is 12.0 Å². The van der Waals surface area contributed by atoms with E-state index in [1.54, 1.807) is 42.5 Å². The first-order valence-electron chi connectivity index (χ1n) is 12.0. The summed E-state index contributed by atoms with van der Waals surface area (Å²) in [6.07, 6.45) is 3.15. The van der Waals surface area contributed by atoms with E-state index in [0.29, 0.717) is 23.7 Å². The molecule has 0 aliphatic carbocycles. The van der Waals surface area contributed by atoms with E-state index < -0.39 is 28.5 Å². The van der Waals surface area contributed by atoms with E-state index in [4.69, 9.17) is 16.3 Å². The summed E-state index contributed by atoms with van der Waals surface area (Å²) >= 11 is 6.02. The SMILES string of the molecule is CCCCNC(=O)C(CC)N(Cc1ccc(Cl)cc1)C(=O)CN(c1cc(C)ccc1OC)S(C)(=O)=O. The molecule has 0 aromatic heterocycles. The number of ether oxygens (including phenoxy) is 1. The summed E-state index contributed by atoms with van der Waals surface area (Å²) in [5.74, 6) is -0.448. The van der Waals surface area contributed by atoms with Crippen molar-refractivity contribution in [3.05, 3.63) is 58.6 Å². The number of hydrogen-bond acceptors (Lipinski definition) is 5. The van der Waals surface area contributed by atoms with Crippen LogP contribution in [0.15, 0.2) is 42.5 Å². The number of methoxy groups -OCH3 is 1. The molecule has 0 aliphatic rings. The number of halogens is 1. The third-order valence-electron chi connectivity index (χ3n) is 5.76. The van der Waals surface area contributed by atoms with Crippen LogP contribution in [0.1, 0.15) is 44.2 Å². The van der Waals surface area contributed by atoms with Crippen molar-refractivity contribution < 1.29 is 22.7 Å². The highest BCUT2D eigenvalue weighted by atomic mass is 35.5. The number of nitrogens with zero attached hydrogens (tertiary/aromatic N) is 2. The number of carbonyl (C=O) groups is 2. The van der Waals surface area contributed by atoms with Gasteiger partial charge in [0, 0.05) is 18.1 Å². The number of nitrogens with one attached hydrogen (secondary N) is 1. The highest BCUT2D eigenvalue weighted by Gasteiger charge is 2.32. The maximum Gasteiger partial charge on any atom is 0.244 e. The maximum atomic E-state index is 13.7. The van der Waals surface area contributed by atoms with Crippen LogP contribution in [0.5, 0.6) is 5.75 Å². The van der Waals surface area contributed by atoms with Gasteiger partial charge in [0.15, 0.2) is 0 Å². The van der Waals surface area contributed by atoms with Gasteiger partial charge >= 0.3 is 0 Å². The van der Waals surface area contributed by atoms with E-state index in [9.17, 15) is 18.0 Å². The molecule has 36 heavy (non-hydrogen) atoms. The molecule has 2 aromatic rings. The number of rotatable bonds is 13. The second-order valence-corrected chi connectivity index (χ2v) is 11.0. The monoisotopic (exact) mass is 537 g/mol. The van der Waals surface area contributed by atoms with Gasteiger partial charge in [0.2, 0.25) is 21.8 Å². The first kappa shape index (κ1) is 29.5. The van der Waals surface area contributed by atoms with Gasteiger partial charge in [-0.25, -0.2) is 8.42 Å². The van der Waals surface area contributed by atoms with E-state index in [2.05, 4.69) is 5.32 Å². The van der Waals surface area contributed by atoms with Crippen molar-refractivity contribution in [2.24, 2.45) is 0 Å². The van der Waals surface area contributed by atoms with Gasteiger partial charge in [0.05, 0.1) is 19.1 Å². The number of benzene rings is 2. The zero-order valence-electron chi connectivity index (χ0n) is 21.6. The fourth-order valence-corrected chi connectivity index (χ4v) is 4.77. The quantitative estimate of drug-likeness (QED) is 0.387. The number of amides is 2. The van der Waals surface area contributed by atoms with Crippen molar-refractivity contribution >= 4 is 39.1 Å². The molecule has 1 atom stereocenters. The smallest absolute Gasteiger partial charge is 0.244 e. The Morgan fingerprint density at radius 2 is 1.78 bits per heavy atom. The van der Waals surface area contributed by atoms with Crippen molar-refractivity contribution in [1.82, 2.24) is 10.2 Å². The Labute approximate surface area is 219 Å². The van der Waals surface area contributed by atoms with Gasteiger partial charge in [-0.3, -0.25) is 13.9 Å². The van der Waals surface area contributed by atoms with Gasteiger partial charge in [-0.05, 0) is 55.2 Å². The van der Waals surface area contributed by atoms with Crippen LogP contribution >= 0.6 is 11.6 Å². The number of sulfonamides is 1. The van der Waals surface area contributed by atoms with Crippen LogP contribution < -0.4 is 14.4 Å². The molecular formula is C26H36ClN3O5S. The molecule has 0 aliphatic heterocycles. The lowest BCUT2D eigenvalue weighted by atomic mass is 10.1. The van der Waals surface area contributed by atoms with Gasteiger partial charge in [0.25, 0.3) is 0 Å². The molecule has 0 heterocycles. The van der Waals surface area contributed by atoms with Gasteiger partial charge in [-0.2, -0.15) is 0 Å². The Hall–Kier alpha value is -2.78. The topological polar surface area (TPSA) is 96.0 Å². The summed E-state index contributed by atoms with van der Waals surface area (Å²) in [5.41, 5.74) is 1.85. The Kier molecular flexibility index (Phi) is 11.0. The summed E-state index contributed by atoms with van der Waals surface area (Å²) in [7, 11) is -2.42. The molecular weight excluding hydrogens is 502 g/mol. The van der Waals surface area contributed by atoms with Gasteiger partial charge in [0.1, 0.15) is 18.3 Å². The first-order chi connectivity index (χ1) is 17.0. The Morgan fingerprint density at radius 3 is 2.33 bits per heavy atom. The lowest BCUT2D eigenvalue weighted by Gasteiger charge is -2.33. The summed E-state index contributed by atoms with van der Waals surface area (Å²) in [6.45, 7) is 5.82. The molecule has 10 heteroatoms. The Balaban J connectivity index is 2.46. The second kappa shape index (κ2) is 13.5. The Morgan fingerprint density at radius 1 is 1.11 bits per heavy atom. The zero-order valence-corrected chi connectivity index (χ0v) is 23.2. The van der Waals surface area contributed by atoms with E-state index >= 15 is 0 Å². The van der Waals surface area contributed by atoms with Crippen LogP contribution in [-0.4, -0.2) is 57.6 Å². The zero-order chi connectivity index (χ0) is 26.9. The van der Waals surface area contributed by atoms with E-state index in [1.807, 2.05) is 20.8 Å². The molecule has 0 saturated heterocycles. The first-order valence-corrected chi connectivity index (χ1v) is 14.2.